The lowest BCUT2D eigenvalue weighted by atomic mass is 9.40. The molecule has 3 aliphatic carbocycles. The fourth-order valence-electron chi connectivity index (χ4n) is 4.66. The number of halogens is 5. The molecule has 28 heavy (non-hydrogen) atoms. The van der Waals surface area contributed by atoms with Gasteiger partial charge in [-0.25, -0.2) is 0 Å². The number of fused-ring (bicyclic) bond motifs is 1. The Labute approximate surface area is 169 Å². The van der Waals surface area contributed by atoms with E-state index in [0.717, 1.165) is 5.56 Å². The van der Waals surface area contributed by atoms with Gasteiger partial charge < -0.3 is 4.74 Å². The van der Waals surface area contributed by atoms with Gasteiger partial charge in [-0.05, 0) is 35.9 Å². The number of carbonyl (C=O) groups excluding carboxylic acids is 1. The topological polar surface area (TPSA) is 29.5 Å². The minimum absolute atomic E-state index is 0.000865. The zero-order chi connectivity index (χ0) is 19.9. The number of anilines is 2. The Morgan fingerprint density at radius 2 is 1.68 bits per heavy atom. The minimum Gasteiger partial charge on any atom is -0.487 e. The van der Waals surface area contributed by atoms with E-state index in [4.69, 9.17) is 27.9 Å². The first-order chi connectivity index (χ1) is 13.1. The third-order valence-electron chi connectivity index (χ3n) is 5.96. The molecule has 2 bridgehead atoms. The van der Waals surface area contributed by atoms with Crippen LogP contribution >= 0.6 is 23.2 Å². The molecular formula is C20H14Cl2F3NO2. The number of benzene rings is 2. The summed E-state index contributed by atoms with van der Waals surface area (Å²) in [5.41, 5.74) is -0.475. The van der Waals surface area contributed by atoms with Gasteiger partial charge in [0.1, 0.15) is 11.4 Å². The van der Waals surface area contributed by atoms with E-state index in [2.05, 4.69) is 0 Å². The van der Waals surface area contributed by atoms with Crippen molar-refractivity contribution in [1.82, 2.24) is 0 Å². The van der Waals surface area contributed by atoms with Crippen LogP contribution in [0.15, 0.2) is 36.4 Å². The monoisotopic (exact) mass is 427 g/mol. The van der Waals surface area contributed by atoms with Crippen molar-refractivity contribution < 1.29 is 22.7 Å². The summed E-state index contributed by atoms with van der Waals surface area (Å²) in [6.07, 6.45) is -4.02. The summed E-state index contributed by atoms with van der Waals surface area (Å²) in [7, 11) is 0. The molecule has 8 heteroatoms. The summed E-state index contributed by atoms with van der Waals surface area (Å²) in [4.78, 5) is 14.1. The van der Waals surface area contributed by atoms with E-state index < -0.39 is 17.2 Å². The highest BCUT2D eigenvalue weighted by Gasteiger charge is 2.80. The van der Waals surface area contributed by atoms with Gasteiger partial charge in [-0.15, -0.1) is 0 Å². The Balaban J connectivity index is 1.40. The number of amides is 1. The molecule has 3 nitrogen and oxygen atoms in total. The third kappa shape index (κ3) is 2.40. The van der Waals surface area contributed by atoms with Crippen LogP contribution < -0.4 is 9.64 Å². The molecule has 3 saturated carbocycles. The SMILES string of the molecule is O=C1Cc2cc(OC34CC(C(F)(F)F)(C3)C4)ccc2N1c1c(Cl)cccc1Cl. The predicted octanol–water partition coefficient (Wildman–Crippen LogP) is 6.08. The molecule has 0 aromatic heterocycles. The van der Waals surface area contributed by atoms with Gasteiger partial charge in [-0.3, -0.25) is 9.69 Å². The maximum atomic E-state index is 13.0. The van der Waals surface area contributed by atoms with Crippen molar-refractivity contribution in [3.8, 4) is 5.75 Å². The number of rotatable bonds is 3. The number of nitrogens with zero attached hydrogens (tertiary/aromatic N) is 1. The number of alkyl halides is 3. The molecule has 1 heterocycles. The molecule has 1 aliphatic heterocycles. The normalized spacial score (nSPS) is 27.9. The highest BCUT2D eigenvalue weighted by atomic mass is 35.5. The number of ether oxygens (including phenoxy) is 1. The van der Waals surface area contributed by atoms with Crippen molar-refractivity contribution in [3.05, 3.63) is 52.0 Å². The van der Waals surface area contributed by atoms with Crippen LogP contribution in [-0.2, 0) is 11.2 Å². The van der Waals surface area contributed by atoms with Crippen molar-refractivity contribution in [1.29, 1.82) is 0 Å². The second-order valence-electron chi connectivity index (χ2n) is 7.86. The Kier molecular flexibility index (Phi) is 3.61. The second kappa shape index (κ2) is 5.57. The second-order valence-corrected chi connectivity index (χ2v) is 8.67. The van der Waals surface area contributed by atoms with Gasteiger partial charge in [0.25, 0.3) is 0 Å². The smallest absolute Gasteiger partial charge is 0.394 e. The van der Waals surface area contributed by atoms with Gasteiger partial charge in [0, 0.05) is 19.3 Å². The maximum absolute atomic E-state index is 13.0. The predicted molar refractivity (Wildman–Crippen MR) is 99.5 cm³/mol. The summed E-state index contributed by atoms with van der Waals surface area (Å²) in [5, 5.41) is 0.723. The Bertz CT molecular complexity index is 981. The molecule has 146 valence electrons. The van der Waals surface area contributed by atoms with Crippen LogP contribution in [0.25, 0.3) is 0 Å². The van der Waals surface area contributed by atoms with Crippen molar-refractivity contribution in [2.45, 2.75) is 37.5 Å². The highest BCUT2D eigenvalue weighted by molar-refractivity contribution is 6.40. The average molecular weight is 428 g/mol. The molecule has 0 N–H and O–H groups in total. The van der Waals surface area contributed by atoms with Crippen LogP contribution in [0.1, 0.15) is 24.8 Å². The third-order valence-corrected chi connectivity index (χ3v) is 6.57. The van der Waals surface area contributed by atoms with Crippen molar-refractivity contribution in [2.24, 2.45) is 5.41 Å². The van der Waals surface area contributed by atoms with E-state index in [9.17, 15) is 18.0 Å². The summed E-state index contributed by atoms with van der Waals surface area (Å²) >= 11 is 12.5. The van der Waals surface area contributed by atoms with Crippen molar-refractivity contribution in [3.63, 3.8) is 0 Å². The summed E-state index contributed by atoms with van der Waals surface area (Å²) < 4.78 is 44.9. The van der Waals surface area contributed by atoms with E-state index in [0.29, 0.717) is 27.2 Å². The van der Waals surface area contributed by atoms with E-state index in [1.54, 1.807) is 36.4 Å². The molecule has 0 unspecified atom stereocenters. The van der Waals surface area contributed by atoms with Gasteiger partial charge in [0.05, 0.1) is 33.3 Å². The van der Waals surface area contributed by atoms with Gasteiger partial charge in [-0.1, -0.05) is 29.3 Å². The zero-order valence-corrected chi connectivity index (χ0v) is 16.0. The maximum Gasteiger partial charge on any atom is 0.394 e. The summed E-state index contributed by atoms with van der Waals surface area (Å²) in [6, 6.07) is 10.1. The molecule has 4 aliphatic rings. The van der Waals surface area contributed by atoms with Gasteiger partial charge in [0.2, 0.25) is 5.91 Å². The summed E-state index contributed by atoms with van der Waals surface area (Å²) in [6.45, 7) is 0. The highest BCUT2D eigenvalue weighted by Crippen LogP contribution is 2.74. The Morgan fingerprint density at radius 1 is 1.04 bits per heavy atom. The molecule has 0 atom stereocenters. The molecule has 6 rings (SSSR count). The fourth-order valence-corrected chi connectivity index (χ4v) is 5.23. The van der Waals surface area contributed by atoms with Crippen LogP contribution in [0.4, 0.5) is 24.5 Å². The minimum atomic E-state index is -4.17. The molecule has 0 radical (unpaired) electrons. The van der Waals surface area contributed by atoms with Gasteiger partial charge in [-0.2, -0.15) is 13.2 Å². The zero-order valence-electron chi connectivity index (χ0n) is 14.4. The van der Waals surface area contributed by atoms with Crippen LogP contribution in [0.2, 0.25) is 10.0 Å². The van der Waals surface area contributed by atoms with Crippen LogP contribution in [0, 0.1) is 5.41 Å². The van der Waals surface area contributed by atoms with Crippen molar-refractivity contribution in [2.75, 3.05) is 4.90 Å². The Morgan fingerprint density at radius 3 is 2.29 bits per heavy atom. The molecule has 2 aromatic carbocycles. The number of hydrogen-bond acceptors (Lipinski definition) is 2. The molecular weight excluding hydrogens is 414 g/mol. The number of hydrogen-bond donors (Lipinski definition) is 0. The number of para-hydroxylation sites is 1. The molecule has 2 aromatic rings. The van der Waals surface area contributed by atoms with E-state index in [1.165, 1.54) is 4.90 Å². The lowest BCUT2D eigenvalue weighted by Gasteiger charge is -2.69. The first-order valence-corrected chi connectivity index (χ1v) is 9.54. The molecule has 1 amide bonds. The average Bonchev–Trinajstić information content (AvgIpc) is 2.83. The van der Waals surface area contributed by atoms with Crippen LogP contribution in [0.5, 0.6) is 5.75 Å². The molecule has 3 fully saturated rings. The van der Waals surface area contributed by atoms with Crippen LogP contribution in [-0.4, -0.2) is 17.7 Å². The first kappa shape index (κ1) is 18.1. The quantitative estimate of drug-likeness (QED) is 0.593. The molecule has 0 spiro atoms. The van der Waals surface area contributed by atoms with Gasteiger partial charge in [0.15, 0.2) is 0 Å². The largest absolute Gasteiger partial charge is 0.487 e. The first-order valence-electron chi connectivity index (χ1n) is 8.79. The number of carbonyl (C=O) groups is 1. The van der Waals surface area contributed by atoms with Crippen LogP contribution in [0.3, 0.4) is 0 Å². The lowest BCUT2D eigenvalue weighted by Crippen LogP contribution is -2.74. The Hall–Kier alpha value is -1.92. The van der Waals surface area contributed by atoms with Crippen molar-refractivity contribution >= 4 is 40.5 Å². The molecule has 0 saturated heterocycles. The lowest BCUT2D eigenvalue weighted by molar-refractivity contribution is -0.373. The van der Waals surface area contributed by atoms with E-state index in [1.807, 2.05) is 0 Å². The van der Waals surface area contributed by atoms with Gasteiger partial charge >= 0.3 is 6.18 Å². The van der Waals surface area contributed by atoms with E-state index >= 15 is 0 Å². The van der Waals surface area contributed by atoms with E-state index in [-0.39, 0.29) is 31.6 Å². The summed E-state index contributed by atoms with van der Waals surface area (Å²) in [5.74, 6) is 0.304. The fraction of sp³-hybridized carbons (Fsp3) is 0.350. The standard InChI is InChI=1S/C20H14Cl2F3NO2/c21-13-2-1-3-14(22)17(13)26-15-5-4-12(6-11(15)7-16(26)27)28-19-8-18(9-19,10-19)20(23,24)25/h1-6H,7-10H2.